The van der Waals surface area contributed by atoms with Crippen LogP contribution in [0.25, 0.3) is 0 Å². The number of hydrogen-bond donors (Lipinski definition) is 2. The van der Waals surface area contributed by atoms with Gasteiger partial charge in [0, 0.05) is 18.6 Å². The highest BCUT2D eigenvalue weighted by Gasteiger charge is 2.51. The SMILES string of the molecule is CCN(CC)C(=O)CSc1nnc(SCC(=O)NC(=O)NC23CC4CC(CC(C4)C2)C3)s1. The molecule has 5 rings (SSSR count). The number of aromatic nitrogens is 2. The molecule has 4 aliphatic carbocycles. The van der Waals surface area contributed by atoms with Crippen molar-refractivity contribution in [1.29, 1.82) is 0 Å². The molecule has 0 unspecified atom stereocenters. The molecule has 0 radical (unpaired) electrons. The van der Waals surface area contributed by atoms with Gasteiger partial charge in [0.15, 0.2) is 8.68 Å². The number of nitrogens with zero attached hydrogens (tertiary/aromatic N) is 3. The highest BCUT2D eigenvalue weighted by molar-refractivity contribution is 8.03. The standard InChI is InChI=1S/C21H31N5O3S3/c1-3-26(4-2)17(28)12-31-20-25-24-19(32-20)30-11-16(27)22-18(29)23-21-8-13-5-14(9-21)7-15(6-13)10-21/h13-15H,3-12H2,1-2H3,(H2,22,23,27,29). The number of urea groups is 1. The summed E-state index contributed by atoms with van der Waals surface area (Å²) < 4.78 is 1.35. The van der Waals surface area contributed by atoms with Crippen molar-refractivity contribution in [2.75, 3.05) is 24.6 Å². The molecule has 0 atom stereocenters. The number of carbonyl (C=O) groups is 3. The first-order valence-electron chi connectivity index (χ1n) is 11.4. The van der Waals surface area contributed by atoms with Crippen LogP contribution in [0, 0.1) is 17.8 Å². The molecule has 0 aromatic carbocycles. The van der Waals surface area contributed by atoms with Gasteiger partial charge in [0.05, 0.1) is 11.5 Å². The molecule has 8 nitrogen and oxygen atoms in total. The molecular weight excluding hydrogens is 466 g/mol. The zero-order valence-corrected chi connectivity index (χ0v) is 21.0. The predicted octanol–water partition coefficient (Wildman–Crippen LogP) is 3.39. The third-order valence-electron chi connectivity index (χ3n) is 6.82. The summed E-state index contributed by atoms with van der Waals surface area (Å²) in [4.78, 5) is 38.7. The Kier molecular flexibility index (Phi) is 7.66. The van der Waals surface area contributed by atoms with Crippen LogP contribution in [-0.2, 0) is 9.59 Å². The van der Waals surface area contributed by atoms with E-state index in [0.717, 1.165) is 37.0 Å². The smallest absolute Gasteiger partial charge is 0.321 e. The van der Waals surface area contributed by atoms with E-state index in [2.05, 4.69) is 20.8 Å². The summed E-state index contributed by atoms with van der Waals surface area (Å²) >= 11 is 3.97. The number of carbonyl (C=O) groups excluding carboxylic acids is 3. The average Bonchev–Trinajstić information content (AvgIpc) is 3.18. The lowest BCUT2D eigenvalue weighted by Crippen LogP contribution is -2.61. The highest BCUT2D eigenvalue weighted by atomic mass is 32.2. The Bertz CT molecular complexity index is 822. The minimum Gasteiger partial charge on any atom is -0.343 e. The third kappa shape index (κ3) is 5.77. The second-order valence-electron chi connectivity index (χ2n) is 9.18. The lowest BCUT2D eigenvalue weighted by Gasteiger charge is -2.56. The summed E-state index contributed by atoms with van der Waals surface area (Å²) in [7, 11) is 0. The predicted molar refractivity (Wildman–Crippen MR) is 127 cm³/mol. The van der Waals surface area contributed by atoms with E-state index in [1.54, 1.807) is 4.90 Å². The summed E-state index contributed by atoms with van der Waals surface area (Å²) in [5, 5.41) is 13.8. The number of amides is 4. The van der Waals surface area contributed by atoms with E-state index in [1.807, 2.05) is 13.8 Å². The van der Waals surface area contributed by atoms with Crippen LogP contribution in [0.5, 0.6) is 0 Å². The topological polar surface area (TPSA) is 104 Å². The van der Waals surface area contributed by atoms with E-state index in [4.69, 9.17) is 0 Å². The molecule has 0 spiro atoms. The molecule has 4 amide bonds. The Morgan fingerprint density at radius 2 is 1.50 bits per heavy atom. The van der Waals surface area contributed by atoms with Crippen molar-refractivity contribution in [3.05, 3.63) is 0 Å². The van der Waals surface area contributed by atoms with Gasteiger partial charge >= 0.3 is 6.03 Å². The fraction of sp³-hybridized carbons (Fsp3) is 0.762. The zero-order valence-electron chi connectivity index (χ0n) is 18.6. The minimum atomic E-state index is -0.374. The molecule has 4 aliphatic rings. The average molecular weight is 498 g/mol. The van der Waals surface area contributed by atoms with Crippen LogP contribution in [-0.4, -0.2) is 63.1 Å². The molecule has 1 aromatic rings. The van der Waals surface area contributed by atoms with E-state index in [9.17, 15) is 14.4 Å². The monoisotopic (exact) mass is 497 g/mol. The number of rotatable bonds is 9. The Balaban J connectivity index is 1.18. The lowest BCUT2D eigenvalue weighted by molar-refractivity contribution is -0.128. The van der Waals surface area contributed by atoms with Gasteiger partial charge in [-0.2, -0.15) is 0 Å². The van der Waals surface area contributed by atoms with E-state index in [-0.39, 0.29) is 29.1 Å². The maximum absolute atomic E-state index is 12.5. The molecule has 4 fully saturated rings. The molecule has 1 aromatic heterocycles. The third-order valence-corrected chi connectivity index (χ3v) is 9.99. The Labute approximate surface area is 201 Å². The van der Waals surface area contributed by atoms with Gasteiger partial charge in [0.1, 0.15) is 0 Å². The van der Waals surface area contributed by atoms with Crippen molar-refractivity contribution in [2.45, 2.75) is 66.6 Å². The van der Waals surface area contributed by atoms with Gasteiger partial charge in [-0.25, -0.2) is 4.79 Å². The molecule has 1 heterocycles. The molecule has 0 saturated heterocycles. The summed E-state index contributed by atoms with van der Waals surface area (Å²) in [6, 6.07) is -0.374. The molecule has 176 valence electrons. The molecule has 11 heteroatoms. The Morgan fingerprint density at radius 1 is 0.969 bits per heavy atom. The molecule has 4 saturated carbocycles. The number of thioether (sulfide) groups is 2. The van der Waals surface area contributed by atoms with Crippen LogP contribution in [0.1, 0.15) is 52.4 Å². The normalized spacial score (nSPS) is 27.9. The maximum atomic E-state index is 12.5. The second kappa shape index (κ2) is 10.3. The van der Waals surface area contributed by atoms with Gasteiger partial charge in [0.25, 0.3) is 0 Å². The van der Waals surface area contributed by atoms with Crippen molar-refractivity contribution < 1.29 is 14.4 Å². The van der Waals surface area contributed by atoms with Crippen LogP contribution >= 0.6 is 34.9 Å². The number of nitrogens with one attached hydrogen (secondary N) is 2. The van der Waals surface area contributed by atoms with Crippen LogP contribution < -0.4 is 10.6 Å². The number of imide groups is 1. The summed E-state index contributed by atoms with van der Waals surface area (Å²) in [5.41, 5.74) is -0.111. The van der Waals surface area contributed by atoms with E-state index >= 15 is 0 Å². The molecule has 32 heavy (non-hydrogen) atoms. The van der Waals surface area contributed by atoms with Crippen LogP contribution in [0.15, 0.2) is 8.68 Å². The fourth-order valence-corrected chi connectivity index (χ4v) is 8.65. The van der Waals surface area contributed by atoms with E-state index in [0.29, 0.717) is 27.5 Å². The van der Waals surface area contributed by atoms with Gasteiger partial charge in [-0.05, 0) is 70.1 Å². The quantitative estimate of drug-likeness (QED) is 0.504. The second-order valence-corrected chi connectivity index (χ2v) is 12.6. The van der Waals surface area contributed by atoms with Crippen LogP contribution in [0.2, 0.25) is 0 Å². The van der Waals surface area contributed by atoms with Gasteiger partial charge in [-0.1, -0.05) is 34.9 Å². The zero-order chi connectivity index (χ0) is 22.7. The minimum absolute atomic E-state index is 0.0776. The molecule has 4 bridgehead atoms. The number of hydrogen-bond acceptors (Lipinski definition) is 8. The maximum Gasteiger partial charge on any atom is 0.321 e. The molecular formula is C21H31N5O3S3. The van der Waals surface area contributed by atoms with Crippen molar-refractivity contribution >= 4 is 52.7 Å². The summed E-state index contributed by atoms with van der Waals surface area (Å²) in [5.74, 6) is 2.38. The van der Waals surface area contributed by atoms with Gasteiger partial charge in [-0.3, -0.25) is 14.9 Å². The summed E-state index contributed by atoms with van der Waals surface area (Å²) in [6.45, 7) is 5.30. The van der Waals surface area contributed by atoms with Gasteiger partial charge in [0.2, 0.25) is 11.8 Å². The van der Waals surface area contributed by atoms with Crippen LogP contribution in [0.4, 0.5) is 4.79 Å². The molecule has 2 N–H and O–H groups in total. The van der Waals surface area contributed by atoms with E-state index in [1.165, 1.54) is 54.1 Å². The Hall–Kier alpha value is -1.33. The largest absolute Gasteiger partial charge is 0.343 e. The Morgan fingerprint density at radius 3 is 2.03 bits per heavy atom. The highest BCUT2D eigenvalue weighted by Crippen LogP contribution is 2.55. The van der Waals surface area contributed by atoms with Crippen molar-refractivity contribution in [2.24, 2.45) is 17.8 Å². The first-order chi connectivity index (χ1) is 15.4. The first kappa shape index (κ1) is 23.8. The summed E-state index contributed by atoms with van der Waals surface area (Å²) in [6.07, 6.45) is 7.09. The van der Waals surface area contributed by atoms with Gasteiger partial charge < -0.3 is 10.2 Å². The van der Waals surface area contributed by atoms with E-state index < -0.39 is 0 Å². The van der Waals surface area contributed by atoms with Crippen molar-refractivity contribution in [1.82, 2.24) is 25.7 Å². The molecule has 0 aliphatic heterocycles. The van der Waals surface area contributed by atoms with Crippen molar-refractivity contribution in [3.63, 3.8) is 0 Å². The van der Waals surface area contributed by atoms with Gasteiger partial charge in [-0.15, -0.1) is 10.2 Å². The first-order valence-corrected chi connectivity index (χ1v) is 14.2. The fourth-order valence-electron chi connectivity index (χ4n) is 5.93. The lowest BCUT2D eigenvalue weighted by atomic mass is 9.53. The van der Waals surface area contributed by atoms with Crippen LogP contribution in [0.3, 0.4) is 0 Å². The van der Waals surface area contributed by atoms with Crippen molar-refractivity contribution in [3.8, 4) is 0 Å².